The summed E-state index contributed by atoms with van der Waals surface area (Å²) in [6, 6.07) is 16.7. The highest BCUT2D eigenvalue weighted by Crippen LogP contribution is 2.38. The summed E-state index contributed by atoms with van der Waals surface area (Å²) in [6.45, 7) is 2.79. The number of hydrogen-bond donors (Lipinski definition) is 0. The number of hydrogen-bond acceptors (Lipinski definition) is 5. The number of ether oxygens (including phenoxy) is 2. The fraction of sp³-hybridized carbons (Fsp3) is 0.154. The molecule has 2 amide bonds. The maximum atomic E-state index is 13.0. The topological polar surface area (TPSA) is 55.8 Å². The van der Waals surface area contributed by atoms with Gasteiger partial charge in [-0.3, -0.25) is 14.5 Å². The van der Waals surface area contributed by atoms with E-state index in [-0.39, 0.29) is 24.3 Å². The minimum absolute atomic E-state index is 0.237. The Hall–Kier alpha value is -1.47. The van der Waals surface area contributed by atoms with Crippen molar-refractivity contribution >= 4 is 97.4 Å². The second-order valence-electron chi connectivity index (χ2n) is 7.68. The molecule has 1 heterocycles. The third kappa shape index (κ3) is 6.69. The van der Waals surface area contributed by atoms with Crippen LogP contribution in [-0.2, 0) is 17.9 Å². The SMILES string of the molecule is CCOc1cc(/C=C2/SC(=O)N(Cc3ccc(I)cc3)C2=O)cc(I)c1OCc1ccc(Cl)cc1Cl. The summed E-state index contributed by atoms with van der Waals surface area (Å²) < 4.78 is 13.8. The summed E-state index contributed by atoms with van der Waals surface area (Å²) in [5, 5.41) is 0.790. The zero-order valence-electron chi connectivity index (χ0n) is 18.9. The van der Waals surface area contributed by atoms with Gasteiger partial charge in [-0.15, -0.1) is 0 Å². The van der Waals surface area contributed by atoms with Gasteiger partial charge in [0.15, 0.2) is 11.5 Å². The molecular formula is C26H19Cl2I2NO4S. The van der Waals surface area contributed by atoms with Gasteiger partial charge in [0, 0.05) is 19.2 Å². The Morgan fingerprint density at radius 2 is 1.75 bits per heavy atom. The largest absolute Gasteiger partial charge is 0.490 e. The molecule has 4 rings (SSSR count). The van der Waals surface area contributed by atoms with Crippen LogP contribution in [0.1, 0.15) is 23.6 Å². The molecule has 36 heavy (non-hydrogen) atoms. The fourth-order valence-corrected chi connectivity index (χ4v) is 5.87. The van der Waals surface area contributed by atoms with Crippen molar-refractivity contribution in [1.82, 2.24) is 4.90 Å². The van der Waals surface area contributed by atoms with Crippen LogP contribution in [0.3, 0.4) is 0 Å². The van der Waals surface area contributed by atoms with Gasteiger partial charge in [0.25, 0.3) is 11.1 Å². The number of amides is 2. The molecule has 0 bridgehead atoms. The van der Waals surface area contributed by atoms with Crippen molar-refractivity contribution in [3.8, 4) is 11.5 Å². The van der Waals surface area contributed by atoms with Crippen molar-refractivity contribution in [3.63, 3.8) is 0 Å². The van der Waals surface area contributed by atoms with Crippen LogP contribution in [0.25, 0.3) is 6.08 Å². The van der Waals surface area contributed by atoms with Crippen LogP contribution >= 0.6 is 80.1 Å². The molecule has 3 aromatic rings. The average molecular weight is 766 g/mol. The predicted octanol–water partition coefficient (Wildman–Crippen LogP) is 8.42. The van der Waals surface area contributed by atoms with Crippen LogP contribution in [0.15, 0.2) is 59.5 Å². The van der Waals surface area contributed by atoms with Crippen molar-refractivity contribution in [2.45, 2.75) is 20.1 Å². The molecular weight excluding hydrogens is 747 g/mol. The molecule has 5 nitrogen and oxygen atoms in total. The molecule has 0 radical (unpaired) electrons. The van der Waals surface area contributed by atoms with Crippen molar-refractivity contribution in [3.05, 3.63) is 93.4 Å². The van der Waals surface area contributed by atoms with Gasteiger partial charge in [0.05, 0.1) is 21.6 Å². The van der Waals surface area contributed by atoms with Crippen LogP contribution in [0.5, 0.6) is 11.5 Å². The highest BCUT2D eigenvalue weighted by molar-refractivity contribution is 14.1. The Morgan fingerprint density at radius 1 is 1.00 bits per heavy atom. The molecule has 0 N–H and O–H groups in total. The van der Waals surface area contributed by atoms with Gasteiger partial charge >= 0.3 is 0 Å². The number of halogens is 4. The van der Waals surface area contributed by atoms with Gasteiger partial charge in [-0.1, -0.05) is 41.4 Å². The van der Waals surface area contributed by atoms with Crippen LogP contribution < -0.4 is 9.47 Å². The molecule has 1 fully saturated rings. The third-order valence-electron chi connectivity index (χ3n) is 5.14. The zero-order chi connectivity index (χ0) is 25.8. The molecule has 0 aromatic heterocycles. The molecule has 0 spiro atoms. The second-order valence-corrected chi connectivity index (χ2v) is 11.9. The average Bonchev–Trinajstić information content (AvgIpc) is 3.08. The van der Waals surface area contributed by atoms with E-state index in [9.17, 15) is 9.59 Å². The standard InChI is InChI=1S/C26H19Cl2I2NO4S/c1-2-34-22-10-16(9-21(30)24(22)35-14-17-5-6-18(27)12-20(17)28)11-23-25(32)31(26(33)36-23)13-15-3-7-19(29)8-4-15/h3-12H,2,13-14H2,1H3/b23-11+. The number of rotatable bonds is 8. The molecule has 0 atom stereocenters. The Bertz CT molecular complexity index is 1350. The number of carbonyl (C=O) groups is 2. The van der Waals surface area contributed by atoms with E-state index in [0.29, 0.717) is 33.1 Å². The van der Waals surface area contributed by atoms with E-state index < -0.39 is 0 Å². The highest BCUT2D eigenvalue weighted by atomic mass is 127. The normalized spacial score (nSPS) is 14.6. The van der Waals surface area contributed by atoms with E-state index in [1.807, 2.05) is 43.3 Å². The quantitative estimate of drug-likeness (QED) is 0.170. The van der Waals surface area contributed by atoms with E-state index in [1.54, 1.807) is 24.3 Å². The monoisotopic (exact) mass is 765 g/mol. The smallest absolute Gasteiger partial charge is 0.293 e. The van der Waals surface area contributed by atoms with Crippen molar-refractivity contribution in [2.75, 3.05) is 6.61 Å². The maximum absolute atomic E-state index is 13.0. The highest BCUT2D eigenvalue weighted by Gasteiger charge is 2.35. The van der Waals surface area contributed by atoms with Crippen molar-refractivity contribution in [1.29, 1.82) is 0 Å². The summed E-state index contributed by atoms with van der Waals surface area (Å²) in [5.41, 5.74) is 2.43. The first kappa shape index (κ1) is 27.6. The summed E-state index contributed by atoms with van der Waals surface area (Å²) in [6.07, 6.45) is 1.71. The second kappa shape index (κ2) is 12.4. The Labute approximate surface area is 250 Å². The Kier molecular flexibility index (Phi) is 9.48. The fourth-order valence-electron chi connectivity index (χ4n) is 3.42. The Morgan fingerprint density at radius 3 is 2.44 bits per heavy atom. The molecule has 0 unspecified atom stereocenters. The zero-order valence-corrected chi connectivity index (χ0v) is 25.5. The summed E-state index contributed by atoms with van der Waals surface area (Å²) in [4.78, 5) is 27.2. The van der Waals surface area contributed by atoms with E-state index in [0.717, 1.165) is 35.6 Å². The van der Waals surface area contributed by atoms with E-state index in [1.165, 1.54) is 4.90 Å². The van der Waals surface area contributed by atoms with Crippen LogP contribution in [0.2, 0.25) is 10.0 Å². The lowest BCUT2D eigenvalue weighted by molar-refractivity contribution is -0.123. The van der Waals surface area contributed by atoms with Gasteiger partial charge in [0.1, 0.15) is 6.61 Å². The van der Waals surface area contributed by atoms with Crippen LogP contribution in [-0.4, -0.2) is 22.7 Å². The Balaban J connectivity index is 1.55. The first-order valence-electron chi connectivity index (χ1n) is 10.8. The van der Waals surface area contributed by atoms with Gasteiger partial charge in [-0.25, -0.2) is 0 Å². The lowest BCUT2D eigenvalue weighted by atomic mass is 10.1. The van der Waals surface area contributed by atoms with Gasteiger partial charge in [-0.05, 0) is 117 Å². The van der Waals surface area contributed by atoms with Crippen LogP contribution in [0, 0.1) is 7.14 Å². The molecule has 1 saturated heterocycles. The number of imide groups is 1. The number of thioether (sulfide) groups is 1. The molecule has 3 aromatic carbocycles. The summed E-state index contributed by atoms with van der Waals surface area (Å²) in [5.74, 6) is 0.806. The molecule has 0 aliphatic carbocycles. The summed E-state index contributed by atoms with van der Waals surface area (Å²) >= 11 is 17.6. The van der Waals surface area contributed by atoms with Gasteiger partial charge < -0.3 is 9.47 Å². The molecule has 10 heteroatoms. The van der Waals surface area contributed by atoms with Gasteiger partial charge in [-0.2, -0.15) is 0 Å². The minimum atomic E-state index is -0.311. The minimum Gasteiger partial charge on any atom is -0.490 e. The van der Waals surface area contributed by atoms with Crippen molar-refractivity contribution in [2.24, 2.45) is 0 Å². The van der Waals surface area contributed by atoms with Crippen LogP contribution in [0.4, 0.5) is 4.79 Å². The maximum Gasteiger partial charge on any atom is 0.293 e. The van der Waals surface area contributed by atoms with E-state index in [4.69, 9.17) is 32.7 Å². The third-order valence-corrected chi connectivity index (χ3v) is 8.16. The first-order valence-corrected chi connectivity index (χ1v) is 14.5. The first-order chi connectivity index (χ1) is 17.2. The lowest BCUT2D eigenvalue weighted by Crippen LogP contribution is -2.27. The molecule has 0 saturated carbocycles. The number of benzene rings is 3. The van der Waals surface area contributed by atoms with E-state index in [2.05, 4.69) is 45.2 Å². The van der Waals surface area contributed by atoms with Gasteiger partial charge in [0.2, 0.25) is 0 Å². The summed E-state index contributed by atoms with van der Waals surface area (Å²) in [7, 11) is 0. The number of nitrogens with zero attached hydrogens (tertiary/aromatic N) is 1. The molecule has 186 valence electrons. The lowest BCUT2D eigenvalue weighted by Gasteiger charge is -2.15. The van der Waals surface area contributed by atoms with Crippen molar-refractivity contribution < 1.29 is 19.1 Å². The molecule has 1 aliphatic heterocycles. The molecule has 1 aliphatic rings. The van der Waals surface area contributed by atoms with E-state index >= 15 is 0 Å². The predicted molar refractivity (Wildman–Crippen MR) is 162 cm³/mol. The number of carbonyl (C=O) groups excluding carboxylic acids is 2.